The highest BCUT2D eigenvalue weighted by Gasteiger charge is 2.20. The first-order valence-electron chi connectivity index (χ1n) is 7.51. The fourth-order valence-electron chi connectivity index (χ4n) is 2.43. The van der Waals surface area contributed by atoms with E-state index in [1.54, 1.807) is 11.3 Å². The molecule has 7 heteroatoms. The second kappa shape index (κ2) is 6.81. The molecule has 3 heterocycles. The van der Waals surface area contributed by atoms with Gasteiger partial charge in [0.05, 0.1) is 10.7 Å². The third kappa shape index (κ3) is 3.59. The molecule has 5 nitrogen and oxygen atoms in total. The van der Waals surface area contributed by atoms with Crippen molar-refractivity contribution in [1.29, 1.82) is 0 Å². The van der Waals surface area contributed by atoms with Crippen LogP contribution in [0, 0.1) is 0 Å². The summed E-state index contributed by atoms with van der Waals surface area (Å²) in [6.45, 7) is 9.43. The van der Waals surface area contributed by atoms with E-state index in [0.29, 0.717) is 0 Å². The number of aromatic nitrogens is 3. The molecule has 0 atom stereocenters. The van der Waals surface area contributed by atoms with E-state index in [4.69, 9.17) is 0 Å². The smallest absolute Gasteiger partial charge is 0.205 e. The lowest BCUT2D eigenvalue weighted by molar-refractivity contribution is 0.247. The quantitative estimate of drug-likeness (QED) is 0.846. The summed E-state index contributed by atoms with van der Waals surface area (Å²) in [6.07, 6.45) is 1.95. The van der Waals surface area contributed by atoms with E-state index in [0.717, 1.165) is 56.5 Å². The van der Waals surface area contributed by atoms with Crippen LogP contribution in [-0.2, 0) is 19.4 Å². The Morgan fingerprint density at radius 2 is 1.90 bits per heavy atom. The first-order chi connectivity index (χ1) is 10.3. The van der Waals surface area contributed by atoms with Crippen LogP contribution >= 0.6 is 22.9 Å². The molecule has 0 aliphatic carbocycles. The normalized spacial score (nSPS) is 16.6. The van der Waals surface area contributed by atoms with E-state index in [1.807, 2.05) is 0 Å². The first-order valence-corrected chi connectivity index (χ1v) is 9.17. The number of aryl methyl sites for hydroxylation is 2. The lowest BCUT2D eigenvalue weighted by atomic mass is 10.3. The summed E-state index contributed by atoms with van der Waals surface area (Å²) in [4.78, 5) is 14.1. The maximum absolute atomic E-state index is 4.66. The van der Waals surface area contributed by atoms with E-state index >= 15 is 0 Å². The Hall–Kier alpha value is -1.05. The van der Waals surface area contributed by atoms with Crippen LogP contribution in [0.4, 0.5) is 5.13 Å². The van der Waals surface area contributed by atoms with Gasteiger partial charge in [-0.2, -0.15) is 4.37 Å². The number of piperazine rings is 1. The molecular formula is C14H21N5S2. The zero-order valence-corrected chi connectivity index (χ0v) is 14.2. The maximum atomic E-state index is 4.66. The van der Waals surface area contributed by atoms with Crippen LogP contribution in [0.1, 0.15) is 30.4 Å². The van der Waals surface area contributed by atoms with Gasteiger partial charge in [-0.25, -0.2) is 9.97 Å². The van der Waals surface area contributed by atoms with Gasteiger partial charge in [-0.1, -0.05) is 13.8 Å². The fraction of sp³-hybridized carbons (Fsp3) is 0.643. The molecule has 0 spiro atoms. The van der Waals surface area contributed by atoms with Crippen molar-refractivity contribution in [3.63, 3.8) is 0 Å². The summed E-state index contributed by atoms with van der Waals surface area (Å²) in [5, 5.41) is 4.52. The zero-order valence-electron chi connectivity index (χ0n) is 12.6. The summed E-state index contributed by atoms with van der Waals surface area (Å²) in [6, 6.07) is 0. The van der Waals surface area contributed by atoms with Crippen molar-refractivity contribution >= 4 is 28.0 Å². The molecule has 0 amide bonds. The number of hydrogen-bond acceptors (Lipinski definition) is 7. The van der Waals surface area contributed by atoms with Gasteiger partial charge in [-0.3, -0.25) is 4.90 Å². The van der Waals surface area contributed by atoms with Gasteiger partial charge >= 0.3 is 0 Å². The molecule has 1 saturated heterocycles. The predicted octanol–water partition coefficient (Wildman–Crippen LogP) is 2.44. The fourth-order valence-corrected chi connectivity index (χ4v) is 3.96. The van der Waals surface area contributed by atoms with Crippen molar-refractivity contribution in [3.05, 3.63) is 21.9 Å². The molecule has 21 heavy (non-hydrogen) atoms. The molecule has 0 radical (unpaired) electrons. The van der Waals surface area contributed by atoms with Crippen LogP contribution in [0.3, 0.4) is 0 Å². The summed E-state index contributed by atoms with van der Waals surface area (Å²) < 4.78 is 4.38. The average Bonchev–Trinajstić information content (AvgIpc) is 3.17. The number of anilines is 1. The van der Waals surface area contributed by atoms with Crippen molar-refractivity contribution in [2.75, 3.05) is 31.1 Å². The molecule has 0 unspecified atom stereocenters. The lowest BCUT2D eigenvalue weighted by Gasteiger charge is -2.33. The Bertz CT molecular complexity index is 571. The summed E-state index contributed by atoms with van der Waals surface area (Å²) in [7, 11) is 0. The Labute approximate surface area is 133 Å². The first kappa shape index (κ1) is 14.9. The molecule has 0 saturated carbocycles. The Kier molecular flexibility index (Phi) is 4.82. The minimum Gasteiger partial charge on any atom is -0.344 e. The second-order valence-electron chi connectivity index (χ2n) is 5.20. The van der Waals surface area contributed by atoms with Gasteiger partial charge in [-0.05, 0) is 6.42 Å². The van der Waals surface area contributed by atoms with Crippen LogP contribution in [0.15, 0.2) is 5.38 Å². The number of nitrogens with zero attached hydrogens (tertiary/aromatic N) is 5. The predicted molar refractivity (Wildman–Crippen MR) is 88.3 cm³/mol. The Balaban J connectivity index is 1.52. The van der Waals surface area contributed by atoms with E-state index in [1.165, 1.54) is 22.2 Å². The minimum atomic E-state index is 0.917. The molecule has 1 aliphatic rings. The van der Waals surface area contributed by atoms with Crippen LogP contribution in [0.5, 0.6) is 0 Å². The average molecular weight is 323 g/mol. The molecule has 3 rings (SSSR count). The van der Waals surface area contributed by atoms with Gasteiger partial charge in [0.1, 0.15) is 5.82 Å². The third-order valence-corrected chi connectivity index (χ3v) is 5.56. The van der Waals surface area contributed by atoms with Crippen molar-refractivity contribution in [3.8, 4) is 0 Å². The van der Waals surface area contributed by atoms with E-state index in [9.17, 15) is 0 Å². The van der Waals surface area contributed by atoms with E-state index < -0.39 is 0 Å². The van der Waals surface area contributed by atoms with Crippen LogP contribution in [-0.4, -0.2) is 45.4 Å². The highest BCUT2D eigenvalue weighted by atomic mass is 32.1. The molecule has 0 aromatic carbocycles. The van der Waals surface area contributed by atoms with Crippen LogP contribution in [0.25, 0.3) is 0 Å². The molecule has 0 bridgehead atoms. The molecule has 1 fully saturated rings. The van der Waals surface area contributed by atoms with Gasteiger partial charge in [0.2, 0.25) is 5.13 Å². The number of hydrogen-bond donors (Lipinski definition) is 0. The molecule has 1 aliphatic heterocycles. The molecular weight excluding hydrogens is 302 g/mol. The zero-order chi connectivity index (χ0) is 14.7. The van der Waals surface area contributed by atoms with Crippen LogP contribution < -0.4 is 4.90 Å². The van der Waals surface area contributed by atoms with Crippen molar-refractivity contribution in [1.82, 2.24) is 19.2 Å². The van der Waals surface area contributed by atoms with Gasteiger partial charge < -0.3 is 4.90 Å². The standard InChI is InChI=1S/C14H21N5S2/c1-3-12-16-14(21-17-12)19-7-5-18(6-8-19)9-11-10-20-13(4-2)15-11/h10H,3-9H2,1-2H3. The monoisotopic (exact) mass is 323 g/mol. The summed E-state index contributed by atoms with van der Waals surface area (Å²) >= 11 is 3.30. The number of rotatable bonds is 5. The topological polar surface area (TPSA) is 45.2 Å². The maximum Gasteiger partial charge on any atom is 0.205 e. The molecule has 2 aromatic rings. The lowest BCUT2D eigenvalue weighted by Crippen LogP contribution is -2.46. The summed E-state index contributed by atoms with van der Waals surface area (Å²) in [5.41, 5.74) is 1.22. The van der Waals surface area contributed by atoms with Crippen molar-refractivity contribution < 1.29 is 0 Å². The highest BCUT2D eigenvalue weighted by molar-refractivity contribution is 7.09. The minimum absolute atomic E-state index is 0.917. The molecule has 114 valence electrons. The van der Waals surface area contributed by atoms with Gasteiger partial charge in [0.15, 0.2) is 0 Å². The van der Waals surface area contributed by atoms with Gasteiger partial charge in [0.25, 0.3) is 0 Å². The van der Waals surface area contributed by atoms with Crippen LogP contribution in [0.2, 0.25) is 0 Å². The van der Waals surface area contributed by atoms with Crippen molar-refractivity contribution in [2.45, 2.75) is 33.2 Å². The van der Waals surface area contributed by atoms with E-state index in [-0.39, 0.29) is 0 Å². The van der Waals surface area contributed by atoms with Crippen molar-refractivity contribution in [2.24, 2.45) is 0 Å². The molecule has 2 aromatic heterocycles. The number of thiazole rings is 1. The Morgan fingerprint density at radius 1 is 1.10 bits per heavy atom. The van der Waals surface area contributed by atoms with Gasteiger partial charge in [-0.15, -0.1) is 11.3 Å². The SMILES string of the molecule is CCc1nsc(N2CCN(Cc3csc(CC)n3)CC2)n1. The Morgan fingerprint density at radius 3 is 2.52 bits per heavy atom. The third-order valence-electron chi connectivity index (χ3n) is 3.70. The van der Waals surface area contributed by atoms with Gasteiger partial charge in [0, 0.05) is 56.1 Å². The second-order valence-corrected chi connectivity index (χ2v) is 6.87. The highest BCUT2D eigenvalue weighted by Crippen LogP contribution is 2.20. The van der Waals surface area contributed by atoms with E-state index in [2.05, 4.69) is 43.4 Å². The molecule has 0 N–H and O–H groups in total. The summed E-state index contributed by atoms with van der Waals surface area (Å²) in [5.74, 6) is 0.965. The largest absolute Gasteiger partial charge is 0.344 e.